The first-order valence-corrected chi connectivity index (χ1v) is 6.44. The van der Waals surface area contributed by atoms with E-state index >= 15 is 0 Å². The number of anilines is 1. The SMILES string of the molecule is COc1ccc(F)cc1C(C)Oc1ccc(Cl)c(N)c1. The van der Waals surface area contributed by atoms with Crippen LogP contribution in [0.1, 0.15) is 18.6 Å². The van der Waals surface area contributed by atoms with Gasteiger partial charge in [0.05, 0.1) is 17.8 Å². The van der Waals surface area contributed by atoms with Crippen LogP contribution in [-0.2, 0) is 0 Å². The first-order chi connectivity index (χ1) is 9.51. The number of benzene rings is 2. The smallest absolute Gasteiger partial charge is 0.125 e. The molecule has 1 unspecified atom stereocenters. The largest absolute Gasteiger partial charge is 0.496 e. The Labute approximate surface area is 122 Å². The molecule has 2 aromatic rings. The Bertz CT molecular complexity index is 619. The lowest BCUT2D eigenvalue weighted by Crippen LogP contribution is -2.06. The molecule has 0 fully saturated rings. The van der Waals surface area contributed by atoms with Crippen LogP contribution in [0.4, 0.5) is 10.1 Å². The standard InChI is InChI=1S/C15H15ClFNO2/c1-9(12-7-10(17)3-6-15(12)19-2)20-11-4-5-13(16)14(18)8-11/h3-9H,18H2,1-2H3. The van der Waals surface area contributed by atoms with Crippen molar-refractivity contribution in [3.8, 4) is 11.5 Å². The highest BCUT2D eigenvalue weighted by atomic mass is 35.5. The summed E-state index contributed by atoms with van der Waals surface area (Å²) in [7, 11) is 1.53. The second-order valence-corrected chi connectivity index (χ2v) is 4.74. The molecule has 2 aromatic carbocycles. The second-order valence-electron chi connectivity index (χ2n) is 4.33. The molecule has 0 saturated carbocycles. The number of rotatable bonds is 4. The van der Waals surface area contributed by atoms with Crippen LogP contribution in [-0.4, -0.2) is 7.11 Å². The molecule has 0 aliphatic heterocycles. The van der Waals surface area contributed by atoms with Crippen molar-refractivity contribution in [2.45, 2.75) is 13.0 Å². The van der Waals surface area contributed by atoms with Gasteiger partial charge in [-0.1, -0.05) is 11.6 Å². The predicted molar refractivity (Wildman–Crippen MR) is 77.9 cm³/mol. The average molecular weight is 296 g/mol. The number of hydrogen-bond donors (Lipinski definition) is 1. The molecule has 2 rings (SSSR count). The maximum absolute atomic E-state index is 13.4. The van der Waals surface area contributed by atoms with E-state index in [1.165, 1.54) is 19.2 Å². The third-order valence-corrected chi connectivity index (χ3v) is 3.25. The summed E-state index contributed by atoms with van der Waals surface area (Å²) in [6.45, 7) is 1.81. The summed E-state index contributed by atoms with van der Waals surface area (Å²) >= 11 is 5.85. The molecular weight excluding hydrogens is 281 g/mol. The van der Waals surface area contributed by atoms with Crippen LogP contribution in [0, 0.1) is 5.82 Å². The summed E-state index contributed by atoms with van der Waals surface area (Å²) < 4.78 is 24.3. The fraction of sp³-hybridized carbons (Fsp3) is 0.200. The lowest BCUT2D eigenvalue weighted by atomic mass is 10.1. The van der Waals surface area contributed by atoms with E-state index in [1.807, 2.05) is 6.92 Å². The molecule has 0 radical (unpaired) electrons. The fourth-order valence-corrected chi connectivity index (χ4v) is 2.00. The number of nitrogen functional groups attached to an aromatic ring is 1. The topological polar surface area (TPSA) is 44.5 Å². The molecule has 0 aromatic heterocycles. The van der Waals surface area contributed by atoms with E-state index in [1.54, 1.807) is 24.3 Å². The highest BCUT2D eigenvalue weighted by Gasteiger charge is 2.14. The van der Waals surface area contributed by atoms with Gasteiger partial charge in [0.25, 0.3) is 0 Å². The van der Waals surface area contributed by atoms with Crippen molar-refractivity contribution in [3.05, 3.63) is 52.8 Å². The fourth-order valence-electron chi connectivity index (χ4n) is 1.89. The zero-order valence-corrected chi connectivity index (χ0v) is 11.9. The lowest BCUT2D eigenvalue weighted by molar-refractivity contribution is 0.220. The molecule has 0 spiro atoms. The molecule has 106 valence electrons. The first-order valence-electron chi connectivity index (χ1n) is 6.06. The van der Waals surface area contributed by atoms with Gasteiger partial charge in [0.2, 0.25) is 0 Å². The Hall–Kier alpha value is -1.94. The van der Waals surface area contributed by atoms with Crippen molar-refractivity contribution in [1.82, 2.24) is 0 Å². The van der Waals surface area contributed by atoms with Crippen LogP contribution in [0.25, 0.3) is 0 Å². The Morgan fingerprint density at radius 3 is 2.60 bits per heavy atom. The minimum Gasteiger partial charge on any atom is -0.496 e. The zero-order valence-electron chi connectivity index (χ0n) is 11.2. The molecule has 0 bridgehead atoms. The van der Waals surface area contributed by atoms with Crippen LogP contribution >= 0.6 is 11.6 Å². The van der Waals surface area contributed by atoms with E-state index in [4.69, 9.17) is 26.8 Å². The Balaban J connectivity index is 2.25. The van der Waals surface area contributed by atoms with Gasteiger partial charge >= 0.3 is 0 Å². The molecule has 0 aliphatic rings. The zero-order chi connectivity index (χ0) is 14.7. The van der Waals surface area contributed by atoms with Gasteiger partial charge in [-0.3, -0.25) is 0 Å². The van der Waals surface area contributed by atoms with E-state index in [9.17, 15) is 4.39 Å². The quantitative estimate of drug-likeness (QED) is 0.859. The molecule has 20 heavy (non-hydrogen) atoms. The summed E-state index contributed by atoms with van der Waals surface area (Å²) in [5, 5.41) is 0.466. The third-order valence-electron chi connectivity index (χ3n) is 2.91. The minimum absolute atomic E-state index is 0.341. The molecular formula is C15H15ClFNO2. The molecule has 2 N–H and O–H groups in total. The van der Waals surface area contributed by atoms with E-state index in [0.717, 1.165) is 0 Å². The van der Waals surface area contributed by atoms with Crippen molar-refractivity contribution in [2.75, 3.05) is 12.8 Å². The monoisotopic (exact) mass is 295 g/mol. The summed E-state index contributed by atoms with van der Waals surface area (Å²) in [6.07, 6.45) is -0.388. The van der Waals surface area contributed by atoms with Gasteiger partial charge < -0.3 is 15.2 Å². The average Bonchev–Trinajstić information content (AvgIpc) is 2.43. The van der Waals surface area contributed by atoms with Crippen molar-refractivity contribution >= 4 is 17.3 Å². The van der Waals surface area contributed by atoms with Crippen molar-refractivity contribution in [2.24, 2.45) is 0 Å². The summed E-state index contributed by atoms with van der Waals surface area (Å²) in [5.74, 6) is 0.790. The molecule has 0 aliphatic carbocycles. The van der Waals surface area contributed by atoms with Crippen molar-refractivity contribution < 1.29 is 13.9 Å². The van der Waals surface area contributed by atoms with Gasteiger partial charge in [-0.25, -0.2) is 4.39 Å². The number of nitrogens with two attached hydrogens (primary N) is 1. The maximum Gasteiger partial charge on any atom is 0.125 e. The number of ether oxygens (including phenoxy) is 2. The normalized spacial score (nSPS) is 12.0. The number of hydrogen-bond acceptors (Lipinski definition) is 3. The van der Waals surface area contributed by atoms with Crippen molar-refractivity contribution in [1.29, 1.82) is 0 Å². The second kappa shape index (κ2) is 6.01. The molecule has 3 nitrogen and oxygen atoms in total. The predicted octanol–water partition coefficient (Wildman–Crippen LogP) is 4.21. The van der Waals surface area contributed by atoms with Gasteiger partial charge in [-0.2, -0.15) is 0 Å². The maximum atomic E-state index is 13.4. The van der Waals surface area contributed by atoms with Crippen molar-refractivity contribution in [3.63, 3.8) is 0 Å². The van der Waals surface area contributed by atoms with E-state index in [2.05, 4.69) is 0 Å². The molecule has 0 amide bonds. The molecule has 1 atom stereocenters. The van der Waals surface area contributed by atoms with Gasteiger partial charge in [-0.05, 0) is 37.3 Å². The van der Waals surface area contributed by atoms with Gasteiger partial charge in [0.1, 0.15) is 23.4 Å². The van der Waals surface area contributed by atoms with E-state index in [0.29, 0.717) is 27.8 Å². The van der Waals surface area contributed by atoms with Crippen LogP contribution in [0.5, 0.6) is 11.5 Å². The van der Waals surface area contributed by atoms with E-state index < -0.39 is 0 Å². The Kier molecular flexibility index (Phi) is 4.35. The highest BCUT2D eigenvalue weighted by Crippen LogP contribution is 2.31. The number of methoxy groups -OCH3 is 1. The third kappa shape index (κ3) is 3.14. The Morgan fingerprint density at radius 2 is 1.95 bits per heavy atom. The number of halogens is 2. The van der Waals surface area contributed by atoms with Crippen LogP contribution in [0.3, 0.4) is 0 Å². The lowest BCUT2D eigenvalue weighted by Gasteiger charge is -2.18. The summed E-state index contributed by atoms with van der Waals surface area (Å²) in [6, 6.07) is 9.30. The van der Waals surface area contributed by atoms with Crippen LogP contribution < -0.4 is 15.2 Å². The summed E-state index contributed by atoms with van der Waals surface area (Å²) in [5.41, 5.74) is 6.78. The van der Waals surface area contributed by atoms with Gasteiger partial charge in [0, 0.05) is 11.6 Å². The minimum atomic E-state index is -0.388. The molecule has 0 heterocycles. The van der Waals surface area contributed by atoms with Crippen LogP contribution in [0.15, 0.2) is 36.4 Å². The molecule has 5 heteroatoms. The highest BCUT2D eigenvalue weighted by molar-refractivity contribution is 6.33. The van der Waals surface area contributed by atoms with Crippen LogP contribution in [0.2, 0.25) is 5.02 Å². The summed E-state index contributed by atoms with van der Waals surface area (Å²) in [4.78, 5) is 0. The van der Waals surface area contributed by atoms with Gasteiger partial charge in [-0.15, -0.1) is 0 Å². The van der Waals surface area contributed by atoms with Gasteiger partial charge in [0.15, 0.2) is 0 Å². The van der Waals surface area contributed by atoms with E-state index in [-0.39, 0.29) is 11.9 Å². The first kappa shape index (κ1) is 14.5. The molecule has 0 saturated heterocycles. The Morgan fingerprint density at radius 1 is 1.20 bits per heavy atom.